The van der Waals surface area contributed by atoms with Crippen LogP contribution in [0.1, 0.15) is 31.0 Å². The molecule has 0 aromatic carbocycles. The van der Waals surface area contributed by atoms with Crippen LogP contribution in [0.5, 0.6) is 0 Å². The average molecular weight is 272 g/mol. The SMILES string of the molecule is CCCC(C#N)N1CCN(Cc2ncccc2C)CC1. The molecule has 1 aromatic heterocycles. The highest BCUT2D eigenvalue weighted by atomic mass is 15.3. The van der Waals surface area contributed by atoms with Crippen LogP contribution in [-0.2, 0) is 6.54 Å². The summed E-state index contributed by atoms with van der Waals surface area (Å²) < 4.78 is 0. The van der Waals surface area contributed by atoms with Crippen molar-refractivity contribution < 1.29 is 0 Å². The molecular weight excluding hydrogens is 248 g/mol. The number of hydrogen-bond donors (Lipinski definition) is 0. The molecule has 2 heterocycles. The summed E-state index contributed by atoms with van der Waals surface area (Å²) in [4.78, 5) is 9.23. The zero-order chi connectivity index (χ0) is 14.4. The first-order valence-electron chi connectivity index (χ1n) is 7.51. The van der Waals surface area contributed by atoms with Crippen LogP contribution in [0, 0.1) is 18.3 Å². The molecule has 2 rings (SSSR count). The fraction of sp³-hybridized carbons (Fsp3) is 0.625. The van der Waals surface area contributed by atoms with Gasteiger partial charge in [0.1, 0.15) is 0 Å². The number of nitriles is 1. The molecule has 1 saturated heterocycles. The van der Waals surface area contributed by atoms with E-state index < -0.39 is 0 Å². The Morgan fingerprint density at radius 2 is 2.10 bits per heavy atom. The molecule has 1 fully saturated rings. The summed E-state index contributed by atoms with van der Waals surface area (Å²) in [6.45, 7) is 9.21. The van der Waals surface area contributed by atoms with Gasteiger partial charge in [0.25, 0.3) is 0 Å². The predicted octanol–water partition coefficient (Wildman–Crippen LogP) is 2.20. The maximum Gasteiger partial charge on any atom is 0.0978 e. The third-order valence-corrected chi connectivity index (χ3v) is 4.05. The highest BCUT2D eigenvalue weighted by Crippen LogP contribution is 2.13. The smallest absolute Gasteiger partial charge is 0.0978 e. The van der Waals surface area contributed by atoms with Crippen molar-refractivity contribution in [1.29, 1.82) is 5.26 Å². The fourth-order valence-corrected chi connectivity index (χ4v) is 2.73. The van der Waals surface area contributed by atoms with E-state index in [0.29, 0.717) is 0 Å². The fourth-order valence-electron chi connectivity index (χ4n) is 2.73. The number of aryl methyl sites for hydroxylation is 1. The van der Waals surface area contributed by atoms with Gasteiger partial charge in [0.15, 0.2) is 0 Å². The van der Waals surface area contributed by atoms with Crippen LogP contribution in [0.3, 0.4) is 0 Å². The summed E-state index contributed by atoms with van der Waals surface area (Å²) in [5.74, 6) is 0. The Labute approximate surface area is 122 Å². The number of aromatic nitrogens is 1. The molecular formula is C16H24N4. The summed E-state index contributed by atoms with van der Waals surface area (Å²) in [5, 5.41) is 9.23. The Kier molecular flexibility index (Phi) is 5.51. The minimum Gasteiger partial charge on any atom is -0.295 e. The van der Waals surface area contributed by atoms with Crippen molar-refractivity contribution in [3.63, 3.8) is 0 Å². The molecule has 0 aliphatic carbocycles. The summed E-state index contributed by atoms with van der Waals surface area (Å²) >= 11 is 0. The molecule has 4 nitrogen and oxygen atoms in total. The Bertz CT molecular complexity index is 458. The monoisotopic (exact) mass is 272 g/mol. The summed E-state index contributed by atoms with van der Waals surface area (Å²) in [7, 11) is 0. The standard InChI is InChI=1S/C16H24N4/c1-3-5-15(12-17)20-10-8-19(9-11-20)13-16-14(2)6-4-7-18-16/h4,6-7,15H,3,5,8-11,13H2,1-2H3. The van der Waals surface area contributed by atoms with Crippen molar-refractivity contribution in [2.45, 2.75) is 39.3 Å². The molecule has 1 unspecified atom stereocenters. The normalized spacial score (nSPS) is 18.6. The van der Waals surface area contributed by atoms with E-state index >= 15 is 0 Å². The highest BCUT2D eigenvalue weighted by Gasteiger charge is 2.23. The summed E-state index contributed by atoms with van der Waals surface area (Å²) in [5.41, 5.74) is 2.43. The summed E-state index contributed by atoms with van der Waals surface area (Å²) in [6.07, 6.45) is 3.92. The molecule has 1 aromatic rings. The van der Waals surface area contributed by atoms with Gasteiger partial charge in [-0.2, -0.15) is 5.26 Å². The second-order valence-corrected chi connectivity index (χ2v) is 5.51. The van der Waals surface area contributed by atoms with Gasteiger partial charge in [-0.1, -0.05) is 19.4 Å². The van der Waals surface area contributed by atoms with Crippen LogP contribution in [0.2, 0.25) is 0 Å². The van der Waals surface area contributed by atoms with E-state index in [0.717, 1.165) is 45.6 Å². The molecule has 1 atom stereocenters. The lowest BCUT2D eigenvalue weighted by atomic mass is 10.1. The van der Waals surface area contributed by atoms with Crippen LogP contribution in [-0.4, -0.2) is 47.0 Å². The zero-order valence-electron chi connectivity index (χ0n) is 12.5. The van der Waals surface area contributed by atoms with E-state index in [1.54, 1.807) is 0 Å². The van der Waals surface area contributed by atoms with Crippen molar-refractivity contribution in [1.82, 2.24) is 14.8 Å². The molecule has 0 saturated carbocycles. The van der Waals surface area contributed by atoms with Gasteiger partial charge >= 0.3 is 0 Å². The van der Waals surface area contributed by atoms with Crippen molar-refractivity contribution in [2.75, 3.05) is 26.2 Å². The van der Waals surface area contributed by atoms with Crippen LogP contribution in [0.4, 0.5) is 0 Å². The number of rotatable bonds is 5. The van der Waals surface area contributed by atoms with Gasteiger partial charge in [-0.25, -0.2) is 0 Å². The van der Waals surface area contributed by atoms with Crippen LogP contribution in [0.25, 0.3) is 0 Å². The van der Waals surface area contributed by atoms with E-state index in [2.05, 4.69) is 40.8 Å². The van der Waals surface area contributed by atoms with Gasteiger partial charge in [0.2, 0.25) is 0 Å². The number of pyridine rings is 1. The van der Waals surface area contributed by atoms with E-state index in [4.69, 9.17) is 0 Å². The summed E-state index contributed by atoms with van der Waals surface area (Å²) in [6, 6.07) is 6.64. The van der Waals surface area contributed by atoms with Crippen molar-refractivity contribution in [3.8, 4) is 6.07 Å². The molecule has 108 valence electrons. The quantitative estimate of drug-likeness (QED) is 0.824. The number of nitrogens with zero attached hydrogens (tertiary/aromatic N) is 4. The first-order valence-corrected chi connectivity index (χ1v) is 7.51. The lowest BCUT2D eigenvalue weighted by Gasteiger charge is -2.36. The van der Waals surface area contributed by atoms with Crippen molar-refractivity contribution >= 4 is 0 Å². The van der Waals surface area contributed by atoms with E-state index in [1.165, 1.54) is 11.3 Å². The van der Waals surface area contributed by atoms with E-state index in [-0.39, 0.29) is 6.04 Å². The topological polar surface area (TPSA) is 43.2 Å². The average Bonchev–Trinajstić information content (AvgIpc) is 2.48. The van der Waals surface area contributed by atoms with Crippen LogP contribution < -0.4 is 0 Å². The van der Waals surface area contributed by atoms with Gasteiger partial charge in [-0.05, 0) is 25.0 Å². The van der Waals surface area contributed by atoms with Gasteiger partial charge in [-0.3, -0.25) is 14.8 Å². The molecule has 4 heteroatoms. The maximum absolute atomic E-state index is 9.23. The Morgan fingerprint density at radius 1 is 1.35 bits per heavy atom. The Balaban J connectivity index is 1.86. The largest absolute Gasteiger partial charge is 0.295 e. The molecule has 1 aliphatic rings. The maximum atomic E-state index is 9.23. The predicted molar refractivity (Wildman–Crippen MR) is 80.1 cm³/mol. The van der Waals surface area contributed by atoms with Gasteiger partial charge < -0.3 is 0 Å². The van der Waals surface area contributed by atoms with Gasteiger partial charge in [-0.15, -0.1) is 0 Å². The lowest BCUT2D eigenvalue weighted by Crippen LogP contribution is -2.49. The third kappa shape index (κ3) is 3.78. The van der Waals surface area contributed by atoms with Crippen molar-refractivity contribution in [3.05, 3.63) is 29.6 Å². The Morgan fingerprint density at radius 3 is 2.70 bits per heavy atom. The molecule has 1 aliphatic heterocycles. The van der Waals surface area contributed by atoms with Crippen LogP contribution in [0.15, 0.2) is 18.3 Å². The molecule has 0 bridgehead atoms. The third-order valence-electron chi connectivity index (χ3n) is 4.05. The number of piperazine rings is 1. The molecule has 0 amide bonds. The molecule has 0 radical (unpaired) electrons. The second kappa shape index (κ2) is 7.37. The second-order valence-electron chi connectivity index (χ2n) is 5.51. The number of hydrogen-bond acceptors (Lipinski definition) is 4. The lowest BCUT2D eigenvalue weighted by molar-refractivity contribution is 0.105. The molecule has 0 N–H and O–H groups in total. The minimum absolute atomic E-state index is 0.0961. The van der Waals surface area contributed by atoms with Gasteiger partial charge in [0.05, 0.1) is 17.8 Å². The van der Waals surface area contributed by atoms with E-state index in [1.807, 2.05) is 12.3 Å². The first kappa shape index (κ1) is 15.0. The Hall–Kier alpha value is -1.44. The molecule has 0 spiro atoms. The first-order chi connectivity index (χ1) is 9.74. The highest BCUT2D eigenvalue weighted by molar-refractivity contribution is 5.17. The zero-order valence-corrected chi connectivity index (χ0v) is 12.5. The molecule has 20 heavy (non-hydrogen) atoms. The van der Waals surface area contributed by atoms with Gasteiger partial charge in [0, 0.05) is 38.9 Å². The minimum atomic E-state index is 0.0961. The van der Waals surface area contributed by atoms with Crippen LogP contribution >= 0.6 is 0 Å². The van der Waals surface area contributed by atoms with E-state index in [9.17, 15) is 5.26 Å². The van der Waals surface area contributed by atoms with Crippen molar-refractivity contribution in [2.24, 2.45) is 0 Å².